The van der Waals surface area contributed by atoms with E-state index < -0.39 is 10.0 Å². The van der Waals surface area contributed by atoms with Crippen LogP contribution in [0.4, 0.5) is 5.69 Å². The van der Waals surface area contributed by atoms with E-state index in [0.29, 0.717) is 55.6 Å². The molecule has 0 radical (unpaired) electrons. The largest absolute Gasteiger partial charge is 0.496 e. The summed E-state index contributed by atoms with van der Waals surface area (Å²) < 4.78 is 33.9. The molecule has 2 aromatic carbocycles. The number of anilines is 1. The molecule has 2 aliphatic rings. The van der Waals surface area contributed by atoms with Crippen molar-refractivity contribution < 1.29 is 17.9 Å². The summed E-state index contributed by atoms with van der Waals surface area (Å²) in [5.74, 6) is 0.228. The molecule has 0 atom stereocenters. The van der Waals surface area contributed by atoms with E-state index in [1.165, 1.54) is 23.5 Å². The van der Waals surface area contributed by atoms with Crippen LogP contribution < -0.4 is 9.64 Å². The van der Waals surface area contributed by atoms with Crippen molar-refractivity contribution in [2.24, 2.45) is 0 Å². The lowest BCUT2D eigenvalue weighted by molar-refractivity contribution is 0.0758. The Morgan fingerprint density at radius 2 is 1.59 bits per heavy atom. The average Bonchev–Trinajstić information content (AvgIpc) is 3.14. The molecule has 184 valence electrons. The van der Waals surface area contributed by atoms with Crippen molar-refractivity contribution in [3.05, 3.63) is 52.5 Å². The normalized spacial score (nSPS) is 18.0. The predicted octanol–water partition coefficient (Wildman–Crippen LogP) is 4.18. The highest BCUT2D eigenvalue weighted by Gasteiger charge is 2.31. The van der Waals surface area contributed by atoms with E-state index in [1.54, 1.807) is 6.07 Å². The third-order valence-electron chi connectivity index (χ3n) is 6.68. The molecule has 0 saturated carbocycles. The highest BCUT2D eigenvalue weighted by molar-refractivity contribution is 7.89. The zero-order valence-electron chi connectivity index (χ0n) is 19.8. The predicted molar refractivity (Wildman–Crippen MR) is 135 cm³/mol. The molecule has 2 fully saturated rings. The Morgan fingerprint density at radius 3 is 2.24 bits per heavy atom. The highest BCUT2D eigenvalue weighted by atomic mass is 35.5. The molecule has 34 heavy (non-hydrogen) atoms. The number of amides is 1. The Morgan fingerprint density at radius 1 is 0.912 bits per heavy atom. The smallest absolute Gasteiger partial charge is 0.257 e. The third-order valence-corrected chi connectivity index (χ3v) is 8.81. The Hall–Kier alpha value is -2.29. The van der Waals surface area contributed by atoms with E-state index in [0.717, 1.165) is 36.9 Å². The zero-order valence-corrected chi connectivity index (χ0v) is 21.4. The van der Waals surface area contributed by atoms with Crippen LogP contribution in [0.1, 0.15) is 41.6 Å². The topological polar surface area (TPSA) is 70.2 Å². The third kappa shape index (κ3) is 5.19. The second kappa shape index (κ2) is 10.5. The summed E-state index contributed by atoms with van der Waals surface area (Å²) in [5.41, 5.74) is 2.44. The second-order valence-corrected chi connectivity index (χ2v) is 11.3. The number of halogens is 1. The van der Waals surface area contributed by atoms with Gasteiger partial charge in [-0.2, -0.15) is 4.31 Å². The summed E-state index contributed by atoms with van der Waals surface area (Å²) in [6.45, 7) is 5.24. The van der Waals surface area contributed by atoms with Gasteiger partial charge in [0.2, 0.25) is 10.0 Å². The molecule has 0 unspecified atom stereocenters. The van der Waals surface area contributed by atoms with Gasteiger partial charge < -0.3 is 14.5 Å². The van der Waals surface area contributed by atoms with Crippen LogP contribution in [-0.4, -0.2) is 69.9 Å². The lowest BCUT2D eigenvalue weighted by Gasteiger charge is -2.36. The highest BCUT2D eigenvalue weighted by Crippen LogP contribution is 2.29. The molecule has 2 saturated heterocycles. The van der Waals surface area contributed by atoms with Crippen LogP contribution in [0.15, 0.2) is 41.3 Å². The molecule has 0 aromatic heterocycles. The molecule has 0 spiro atoms. The number of likely N-dealkylation sites (tertiary alicyclic amines) is 1. The quantitative estimate of drug-likeness (QED) is 0.609. The number of hydrogen-bond donors (Lipinski definition) is 0. The van der Waals surface area contributed by atoms with E-state index in [9.17, 15) is 13.2 Å². The minimum absolute atomic E-state index is 0.124. The maximum absolute atomic E-state index is 13.5. The molecule has 0 bridgehead atoms. The summed E-state index contributed by atoms with van der Waals surface area (Å²) in [4.78, 5) is 17.4. The maximum atomic E-state index is 13.5. The van der Waals surface area contributed by atoms with Crippen LogP contribution in [0.3, 0.4) is 0 Å². The number of carbonyl (C=O) groups excluding carboxylic acids is 1. The van der Waals surface area contributed by atoms with Crippen molar-refractivity contribution in [1.82, 2.24) is 9.21 Å². The number of aryl methyl sites for hydroxylation is 1. The standard InChI is InChI=1S/C25H32ClN3O4S/c1-19-7-8-20(26)17-23(19)27-13-15-29(16-14-27)34(31,32)21-9-10-24(33-2)22(18-21)25(30)28-11-5-3-4-6-12-28/h7-10,17-18H,3-6,11-16H2,1-2H3. The Kier molecular flexibility index (Phi) is 7.70. The Labute approximate surface area is 207 Å². The SMILES string of the molecule is COc1ccc(S(=O)(=O)N2CCN(c3cc(Cl)ccc3C)CC2)cc1C(=O)N1CCCCCC1. The maximum Gasteiger partial charge on any atom is 0.257 e. The van der Waals surface area contributed by atoms with Gasteiger partial charge in [0.25, 0.3) is 5.91 Å². The summed E-state index contributed by atoms with van der Waals surface area (Å²) in [6, 6.07) is 10.3. The van der Waals surface area contributed by atoms with Crippen molar-refractivity contribution in [2.45, 2.75) is 37.5 Å². The molecule has 2 heterocycles. The second-order valence-electron chi connectivity index (χ2n) is 8.89. The van der Waals surface area contributed by atoms with Gasteiger partial charge in [-0.25, -0.2) is 8.42 Å². The van der Waals surface area contributed by atoms with Gasteiger partial charge >= 0.3 is 0 Å². The summed E-state index contributed by atoms with van der Waals surface area (Å²) in [5, 5.41) is 0.662. The van der Waals surface area contributed by atoms with Crippen LogP contribution in [0.5, 0.6) is 5.75 Å². The number of carbonyl (C=O) groups is 1. The molecule has 2 aliphatic heterocycles. The molecule has 1 amide bonds. The van der Waals surface area contributed by atoms with Gasteiger partial charge in [0.15, 0.2) is 0 Å². The van der Waals surface area contributed by atoms with Crippen molar-refractivity contribution in [2.75, 3.05) is 51.3 Å². The molecule has 7 nitrogen and oxygen atoms in total. The van der Waals surface area contributed by atoms with Crippen molar-refractivity contribution in [3.63, 3.8) is 0 Å². The summed E-state index contributed by atoms with van der Waals surface area (Å²) in [6.07, 6.45) is 4.14. The van der Waals surface area contributed by atoms with Gasteiger partial charge in [0, 0.05) is 50.0 Å². The van der Waals surface area contributed by atoms with Crippen LogP contribution in [0.25, 0.3) is 0 Å². The van der Waals surface area contributed by atoms with E-state index >= 15 is 0 Å². The average molecular weight is 506 g/mol. The number of sulfonamides is 1. The number of ether oxygens (including phenoxy) is 1. The van der Waals surface area contributed by atoms with Crippen molar-refractivity contribution in [3.8, 4) is 5.75 Å². The number of rotatable bonds is 5. The van der Waals surface area contributed by atoms with E-state index in [1.807, 2.05) is 30.0 Å². The lowest BCUT2D eigenvalue weighted by atomic mass is 10.1. The molecule has 0 aliphatic carbocycles. The van der Waals surface area contributed by atoms with Crippen molar-refractivity contribution in [1.29, 1.82) is 0 Å². The van der Waals surface area contributed by atoms with Crippen LogP contribution in [0, 0.1) is 6.92 Å². The van der Waals surface area contributed by atoms with Gasteiger partial charge in [0.05, 0.1) is 17.6 Å². The fourth-order valence-corrected chi connectivity index (χ4v) is 6.32. The summed E-state index contributed by atoms with van der Waals surface area (Å²) >= 11 is 6.17. The molecular formula is C25H32ClN3O4S. The number of methoxy groups -OCH3 is 1. The molecule has 0 N–H and O–H groups in total. The first-order valence-corrected chi connectivity index (χ1v) is 13.6. The van der Waals surface area contributed by atoms with E-state index in [-0.39, 0.29) is 10.8 Å². The minimum Gasteiger partial charge on any atom is -0.496 e. The monoisotopic (exact) mass is 505 g/mol. The number of nitrogens with zero attached hydrogens (tertiary/aromatic N) is 3. The van der Waals surface area contributed by atoms with Crippen LogP contribution in [-0.2, 0) is 10.0 Å². The Bertz CT molecular complexity index is 1140. The zero-order chi connectivity index (χ0) is 24.3. The van der Waals surface area contributed by atoms with Gasteiger partial charge in [-0.3, -0.25) is 4.79 Å². The Balaban J connectivity index is 1.54. The number of benzene rings is 2. The van der Waals surface area contributed by atoms with Gasteiger partial charge in [0.1, 0.15) is 5.75 Å². The minimum atomic E-state index is -3.75. The first-order valence-electron chi connectivity index (χ1n) is 11.8. The van der Waals surface area contributed by atoms with E-state index in [2.05, 4.69) is 4.90 Å². The molecule has 2 aromatic rings. The fraction of sp³-hybridized carbons (Fsp3) is 0.480. The van der Waals surface area contributed by atoms with Crippen LogP contribution >= 0.6 is 11.6 Å². The van der Waals surface area contributed by atoms with Gasteiger partial charge in [-0.15, -0.1) is 0 Å². The molecular weight excluding hydrogens is 474 g/mol. The first-order chi connectivity index (χ1) is 16.3. The van der Waals surface area contributed by atoms with E-state index in [4.69, 9.17) is 16.3 Å². The van der Waals surface area contributed by atoms with Gasteiger partial charge in [-0.05, 0) is 55.7 Å². The van der Waals surface area contributed by atoms with Crippen LogP contribution in [0.2, 0.25) is 5.02 Å². The fourth-order valence-electron chi connectivity index (χ4n) is 4.70. The molecule has 9 heteroatoms. The number of hydrogen-bond acceptors (Lipinski definition) is 5. The molecule has 4 rings (SSSR count). The number of piperazine rings is 1. The van der Waals surface area contributed by atoms with Gasteiger partial charge in [-0.1, -0.05) is 30.5 Å². The van der Waals surface area contributed by atoms with Crippen molar-refractivity contribution >= 4 is 33.2 Å². The first kappa shape index (κ1) is 24.8. The summed E-state index contributed by atoms with van der Waals surface area (Å²) in [7, 11) is -2.25. The lowest BCUT2D eigenvalue weighted by Crippen LogP contribution is -2.48.